The van der Waals surface area contributed by atoms with Crippen LogP contribution in [0.3, 0.4) is 0 Å². The maximum absolute atomic E-state index is 14.3. The standard InChI is InChI=1S/C30H22Cl2F4N2O8/c31-28-12-19-16(6-7-17-22(19)25(43)37(24(17)42)10-9-21(40)41)23(18-11-15(5-8-20(18)39)46-30(34,35)36)29(28,32)27(45)38(26(28)44)14-3-1-13(33)2-4-14/h1-6,8,11,17,19,22-23,39H,7,9-10,12H2,(H,40,41)/t17-,19+,22-,23+,28+,29-/m0/s1. The predicted molar refractivity (Wildman–Crippen MR) is 150 cm³/mol. The van der Waals surface area contributed by atoms with Gasteiger partial charge in [-0.2, -0.15) is 0 Å². The first-order valence-corrected chi connectivity index (χ1v) is 14.6. The van der Waals surface area contributed by atoms with E-state index >= 15 is 0 Å². The minimum absolute atomic E-state index is 0.104. The van der Waals surface area contributed by atoms with Gasteiger partial charge < -0.3 is 14.9 Å². The van der Waals surface area contributed by atoms with Crippen molar-refractivity contribution in [1.82, 2.24) is 4.90 Å². The van der Waals surface area contributed by atoms with Gasteiger partial charge in [-0.3, -0.25) is 28.9 Å². The van der Waals surface area contributed by atoms with Crippen LogP contribution >= 0.6 is 23.2 Å². The van der Waals surface area contributed by atoms with Crippen molar-refractivity contribution in [3.05, 3.63) is 65.5 Å². The smallest absolute Gasteiger partial charge is 0.508 e. The number of nitrogens with zero attached hydrogens (tertiary/aromatic N) is 2. The molecule has 4 aliphatic rings. The number of phenolic OH excluding ortho intramolecular Hbond substituents is 1. The minimum Gasteiger partial charge on any atom is -0.508 e. The molecule has 1 saturated carbocycles. The number of carbonyl (C=O) groups excluding carboxylic acids is 4. The molecule has 242 valence electrons. The Hall–Kier alpha value is -4.17. The van der Waals surface area contributed by atoms with Gasteiger partial charge in [0.1, 0.15) is 17.3 Å². The van der Waals surface area contributed by atoms with Crippen molar-refractivity contribution in [3.8, 4) is 11.5 Å². The molecule has 2 saturated heterocycles. The molecule has 2 aliphatic heterocycles. The van der Waals surface area contributed by atoms with Crippen LogP contribution in [0.15, 0.2) is 54.1 Å². The lowest BCUT2D eigenvalue weighted by molar-refractivity contribution is -0.274. The number of carboxylic acids is 1. The summed E-state index contributed by atoms with van der Waals surface area (Å²) in [6.45, 7) is -0.426. The first-order valence-electron chi connectivity index (χ1n) is 13.9. The zero-order chi connectivity index (χ0) is 33.5. The average molecular weight is 685 g/mol. The molecular formula is C30H22Cl2F4N2O8. The molecule has 0 unspecified atom stereocenters. The van der Waals surface area contributed by atoms with E-state index in [1.165, 1.54) is 6.08 Å². The molecule has 6 rings (SSSR count). The number of hydrogen-bond donors (Lipinski definition) is 2. The number of carboxylic acid groups (broad SMARTS) is 1. The number of aliphatic carboxylic acids is 1. The fraction of sp³-hybridized carbons (Fsp3) is 0.367. The number of anilines is 1. The minimum atomic E-state index is -5.15. The molecule has 4 amide bonds. The average Bonchev–Trinajstić information content (AvgIpc) is 3.30. The van der Waals surface area contributed by atoms with E-state index in [1.54, 1.807) is 0 Å². The molecule has 0 aromatic heterocycles. The van der Waals surface area contributed by atoms with Crippen molar-refractivity contribution in [2.75, 3.05) is 11.4 Å². The predicted octanol–water partition coefficient (Wildman–Crippen LogP) is 4.47. The number of halogens is 6. The topological polar surface area (TPSA) is 142 Å². The van der Waals surface area contributed by atoms with Crippen LogP contribution in [0.5, 0.6) is 11.5 Å². The zero-order valence-electron chi connectivity index (χ0n) is 23.3. The molecule has 10 nitrogen and oxygen atoms in total. The van der Waals surface area contributed by atoms with Gasteiger partial charge in [-0.05, 0) is 61.2 Å². The highest BCUT2D eigenvalue weighted by Crippen LogP contribution is 2.66. The summed E-state index contributed by atoms with van der Waals surface area (Å²) in [5.41, 5.74) is -0.335. The Morgan fingerprint density at radius 3 is 2.30 bits per heavy atom. The number of hydrogen-bond acceptors (Lipinski definition) is 7. The highest BCUT2D eigenvalue weighted by Gasteiger charge is 2.77. The number of rotatable bonds is 6. The summed E-state index contributed by atoms with van der Waals surface area (Å²) in [5, 5.41) is 20.1. The van der Waals surface area contributed by atoms with Gasteiger partial charge in [0.25, 0.3) is 11.8 Å². The Balaban J connectivity index is 1.54. The van der Waals surface area contributed by atoms with Crippen molar-refractivity contribution < 1.29 is 56.5 Å². The summed E-state index contributed by atoms with van der Waals surface area (Å²) < 4.78 is 57.4. The number of likely N-dealkylation sites (tertiary alicyclic amines) is 1. The fourth-order valence-electron chi connectivity index (χ4n) is 7.20. The van der Waals surface area contributed by atoms with Gasteiger partial charge in [0, 0.05) is 18.0 Å². The third kappa shape index (κ3) is 4.63. The maximum Gasteiger partial charge on any atom is 0.573 e. The number of ether oxygens (including phenoxy) is 1. The third-order valence-electron chi connectivity index (χ3n) is 9.08. The quantitative estimate of drug-likeness (QED) is 0.197. The number of amides is 4. The van der Waals surface area contributed by atoms with Gasteiger partial charge in [-0.15, -0.1) is 36.4 Å². The lowest BCUT2D eigenvalue weighted by atomic mass is 9.56. The largest absolute Gasteiger partial charge is 0.573 e. The van der Waals surface area contributed by atoms with E-state index in [-0.39, 0.29) is 23.2 Å². The molecule has 2 heterocycles. The summed E-state index contributed by atoms with van der Waals surface area (Å²) >= 11 is 14.3. The Morgan fingerprint density at radius 1 is 1.00 bits per heavy atom. The highest BCUT2D eigenvalue weighted by atomic mass is 35.5. The molecule has 46 heavy (non-hydrogen) atoms. The van der Waals surface area contributed by atoms with Crippen LogP contribution in [0, 0.1) is 23.6 Å². The first kappa shape index (κ1) is 31.8. The van der Waals surface area contributed by atoms with E-state index in [9.17, 15) is 46.6 Å². The number of aromatic hydroxyl groups is 1. The van der Waals surface area contributed by atoms with Crippen LogP contribution < -0.4 is 9.64 Å². The van der Waals surface area contributed by atoms with Crippen molar-refractivity contribution in [1.29, 1.82) is 0 Å². The number of carbonyl (C=O) groups is 5. The van der Waals surface area contributed by atoms with E-state index in [4.69, 9.17) is 28.3 Å². The van der Waals surface area contributed by atoms with Gasteiger partial charge in [0.2, 0.25) is 11.8 Å². The summed E-state index contributed by atoms with van der Waals surface area (Å²) in [6.07, 6.45) is -4.79. The second kappa shape index (κ2) is 10.7. The van der Waals surface area contributed by atoms with Gasteiger partial charge in [0.05, 0.1) is 23.9 Å². The Kier molecular flexibility index (Phi) is 7.39. The number of alkyl halides is 5. The van der Waals surface area contributed by atoms with Crippen LogP contribution in [0.25, 0.3) is 0 Å². The fourth-order valence-corrected chi connectivity index (χ4v) is 8.12. The molecule has 2 aliphatic carbocycles. The molecular weight excluding hydrogens is 663 g/mol. The summed E-state index contributed by atoms with van der Waals surface area (Å²) in [6, 6.07) is 6.68. The number of benzene rings is 2. The van der Waals surface area contributed by atoms with Gasteiger partial charge >= 0.3 is 12.3 Å². The maximum atomic E-state index is 14.3. The third-order valence-corrected chi connectivity index (χ3v) is 10.5. The highest BCUT2D eigenvalue weighted by molar-refractivity contribution is 6.58. The van der Waals surface area contributed by atoms with Crippen LogP contribution in [-0.2, 0) is 24.0 Å². The molecule has 6 atom stereocenters. The number of allylic oxidation sites excluding steroid dienone is 2. The van der Waals surface area contributed by atoms with Crippen molar-refractivity contribution in [2.24, 2.45) is 17.8 Å². The second-order valence-corrected chi connectivity index (χ2v) is 12.7. The molecule has 0 radical (unpaired) electrons. The van der Waals surface area contributed by atoms with Crippen LogP contribution in [0.4, 0.5) is 23.2 Å². The first-order chi connectivity index (χ1) is 21.5. The summed E-state index contributed by atoms with van der Waals surface area (Å²) in [7, 11) is 0. The number of fused-ring (bicyclic) bond motifs is 4. The molecule has 16 heteroatoms. The van der Waals surface area contributed by atoms with Gasteiger partial charge in [-0.25, -0.2) is 9.29 Å². The Bertz CT molecular complexity index is 1730. The van der Waals surface area contributed by atoms with Crippen molar-refractivity contribution in [3.63, 3.8) is 0 Å². The number of phenols is 1. The number of imide groups is 2. The van der Waals surface area contributed by atoms with Crippen LogP contribution in [-0.4, -0.2) is 67.4 Å². The summed E-state index contributed by atoms with van der Waals surface area (Å²) in [5.74, 6) is -11.9. The molecule has 0 bridgehead atoms. The molecule has 2 aromatic rings. The SMILES string of the molecule is O=C(O)CCN1C(=O)[C@H]2[C@H](CC=C3[C@H]2C[C@@]2(Cl)C(=O)N(c4ccc(F)cc4)C(=O)[C@@]2(Cl)[C@H]3c2cc(OC(F)(F)F)ccc2O)C1=O. The van der Waals surface area contributed by atoms with E-state index in [0.29, 0.717) is 4.90 Å². The molecule has 2 aromatic carbocycles. The van der Waals surface area contributed by atoms with Crippen molar-refractivity contribution in [2.45, 2.75) is 41.3 Å². The van der Waals surface area contributed by atoms with Gasteiger partial charge in [-0.1, -0.05) is 11.6 Å². The lowest BCUT2D eigenvalue weighted by Gasteiger charge is -2.50. The van der Waals surface area contributed by atoms with Crippen LogP contribution in [0.1, 0.15) is 30.7 Å². The van der Waals surface area contributed by atoms with E-state index in [1.807, 2.05) is 0 Å². The normalized spacial score (nSPS) is 30.6. The zero-order valence-corrected chi connectivity index (χ0v) is 24.8. The van der Waals surface area contributed by atoms with E-state index in [2.05, 4.69) is 4.74 Å². The summed E-state index contributed by atoms with van der Waals surface area (Å²) in [4.78, 5) is 63.1. The van der Waals surface area contributed by atoms with E-state index < -0.39 is 106 Å². The molecule has 0 spiro atoms. The van der Waals surface area contributed by atoms with Crippen LogP contribution in [0.2, 0.25) is 0 Å². The Morgan fingerprint density at radius 2 is 1.67 bits per heavy atom. The van der Waals surface area contributed by atoms with Gasteiger partial charge in [0.15, 0.2) is 9.75 Å². The van der Waals surface area contributed by atoms with E-state index in [0.717, 1.165) is 47.4 Å². The second-order valence-electron chi connectivity index (χ2n) is 11.5. The molecule has 3 fully saturated rings. The monoisotopic (exact) mass is 684 g/mol. The van der Waals surface area contributed by atoms with Crippen molar-refractivity contribution >= 4 is 58.5 Å². The Labute approximate surface area is 267 Å². The lowest BCUT2D eigenvalue weighted by Crippen LogP contribution is -2.60. The molecule has 2 N–H and O–H groups in total.